The van der Waals surface area contributed by atoms with Crippen LogP contribution < -0.4 is 15.6 Å². The fourth-order valence-corrected chi connectivity index (χ4v) is 1.71. The Hall–Kier alpha value is -2.04. The molecule has 0 aliphatic rings. The number of carbonyl (C=O) groups excluding carboxylic acids is 2. The molecule has 2 amide bonds. The first-order valence-corrected chi connectivity index (χ1v) is 7.49. The molecule has 0 aromatic heterocycles. The first-order chi connectivity index (χ1) is 10.2. The van der Waals surface area contributed by atoms with Crippen LogP contribution in [0.4, 0.5) is 0 Å². The molecule has 1 rings (SSSR count). The lowest BCUT2D eigenvalue weighted by Crippen LogP contribution is -2.41. The predicted molar refractivity (Wildman–Crippen MR) is 82.0 cm³/mol. The second kappa shape index (κ2) is 9.80. The normalized spacial score (nSPS) is 10.0. The fourth-order valence-electron chi connectivity index (χ4n) is 1.71. The Morgan fingerprint density at radius 2 is 1.71 bits per heavy atom. The van der Waals surface area contributed by atoms with E-state index < -0.39 is 0 Å². The van der Waals surface area contributed by atoms with E-state index in [0.29, 0.717) is 18.6 Å². The van der Waals surface area contributed by atoms with Crippen molar-refractivity contribution in [3.05, 3.63) is 29.8 Å². The molecule has 1 aromatic rings. The molecule has 0 saturated heterocycles. The SMILES string of the molecule is CCCCCCOc1ccc(C(=O)NNC(=O)CC)cc1. The highest BCUT2D eigenvalue weighted by molar-refractivity contribution is 5.95. The molecule has 116 valence electrons. The van der Waals surface area contributed by atoms with E-state index in [4.69, 9.17) is 4.74 Å². The average Bonchev–Trinajstić information content (AvgIpc) is 2.52. The Morgan fingerprint density at radius 1 is 1.00 bits per heavy atom. The van der Waals surface area contributed by atoms with Gasteiger partial charge in [0.25, 0.3) is 5.91 Å². The number of hydrogen-bond donors (Lipinski definition) is 2. The number of benzene rings is 1. The maximum atomic E-state index is 11.7. The highest BCUT2D eigenvalue weighted by Crippen LogP contribution is 2.13. The van der Waals surface area contributed by atoms with E-state index >= 15 is 0 Å². The molecule has 0 aliphatic heterocycles. The minimum absolute atomic E-state index is 0.226. The molecule has 0 unspecified atom stereocenters. The number of unbranched alkanes of at least 4 members (excludes halogenated alkanes) is 3. The van der Waals surface area contributed by atoms with Gasteiger partial charge in [-0.3, -0.25) is 20.4 Å². The van der Waals surface area contributed by atoms with Gasteiger partial charge in [0.2, 0.25) is 5.91 Å². The van der Waals surface area contributed by atoms with Crippen molar-refractivity contribution in [3.8, 4) is 5.75 Å². The average molecular weight is 292 g/mol. The van der Waals surface area contributed by atoms with Crippen molar-refractivity contribution in [2.75, 3.05) is 6.61 Å². The van der Waals surface area contributed by atoms with E-state index in [0.717, 1.165) is 12.2 Å². The van der Waals surface area contributed by atoms with Crippen LogP contribution in [0.15, 0.2) is 24.3 Å². The summed E-state index contributed by atoms with van der Waals surface area (Å²) in [4.78, 5) is 22.8. The quantitative estimate of drug-likeness (QED) is 0.572. The molecule has 0 aliphatic carbocycles. The topological polar surface area (TPSA) is 67.4 Å². The number of ether oxygens (including phenoxy) is 1. The summed E-state index contributed by atoms with van der Waals surface area (Å²) in [5, 5.41) is 0. The highest BCUT2D eigenvalue weighted by Gasteiger charge is 2.06. The molecular weight excluding hydrogens is 268 g/mol. The molecular formula is C16H24N2O3. The highest BCUT2D eigenvalue weighted by atomic mass is 16.5. The van der Waals surface area contributed by atoms with E-state index in [9.17, 15) is 9.59 Å². The molecule has 0 heterocycles. The van der Waals surface area contributed by atoms with Gasteiger partial charge in [-0.25, -0.2) is 0 Å². The van der Waals surface area contributed by atoms with Gasteiger partial charge in [0.05, 0.1) is 6.61 Å². The molecule has 0 spiro atoms. The largest absolute Gasteiger partial charge is 0.494 e. The number of carbonyl (C=O) groups is 2. The van der Waals surface area contributed by atoms with Crippen LogP contribution in [0.25, 0.3) is 0 Å². The summed E-state index contributed by atoms with van der Waals surface area (Å²) in [6.45, 7) is 4.58. The molecule has 5 nitrogen and oxygen atoms in total. The van der Waals surface area contributed by atoms with Crippen molar-refractivity contribution in [2.45, 2.75) is 46.0 Å². The molecule has 0 fully saturated rings. The van der Waals surface area contributed by atoms with Crippen LogP contribution in [0.5, 0.6) is 5.75 Å². The second-order valence-corrected chi connectivity index (χ2v) is 4.79. The van der Waals surface area contributed by atoms with Crippen molar-refractivity contribution in [3.63, 3.8) is 0 Å². The van der Waals surface area contributed by atoms with Gasteiger partial charge in [0.1, 0.15) is 5.75 Å². The molecule has 0 radical (unpaired) electrons. The van der Waals surface area contributed by atoms with Crippen molar-refractivity contribution >= 4 is 11.8 Å². The summed E-state index contributed by atoms with van der Waals surface area (Å²) in [7, 11) is 0. The van der Waals surface area contributed by atoms with Gasteiger partial charge in [-0.15, -0.1) is 0 Å². The monoisotopic (exact) mass is 292 g/mol. The smallest absolute Gasteiger partial charge is 0.269 e. The Kier molecular flexibility index (Phi) is 7.94. The zero-order chi connectivity index (χ0) is 15.5. The predicted octanol–water partition coefficient (Wildman–Crippen LogP) is 2.82. The maximum absolute atomic E-state index is 11.7. The molecule has 1 aromatic carbocycles. The van der Waals surface area contributed by atoms with E-state index in [-0.39, 0.29) is 11.8 Å². The Balaban J connectivity index is 2.35. The van der Waals surface area contributed by atoms with Gasteiger partial charge in [0, 0.05) is 12.0 Å². The lowest BCUT2D eigenvalue weighted by atomic mass is 10.2. The van der Waals surface area contributed by atoms with Crippen molar-refractivity contribution in [1.29, 1.82) is 0 Å². The van der Waals surface area contributed by atoms with E-state index in [1.54, 1.807) is 31.2 Å². The summed E-state index contributed by atoms with van der Waals surface area (Å²) in [6, 6.07) is 6.87. The lowest BCUT2D eigenvalue weighted by molar-refractivity contribution is -0.121. The van der Waals surface area contributed by atoms with Crippen LogP contribution in [0.2, 0.25) is 0 Å². The minimum Gasteiger partial charge on any atom is -0.494 e. The zero-order valence-corrected chi connectivity index (χ0v) is 12.8. The van der Waals surface area contributed by atoms with Gasteiger partial charge in [-0.2, -0.15) is 0 Å². The van der Waals surface area contributed by atoms with Crippen molar-refractivity contribution in [2.24, 2.45) is 0 Å². The van der Waals surface area contributed by atoms with Gasteiger partial charge in [-0.1, -0.05) is 33.1 Å². The third-order valence-electron chi connectivity index (χ3n) is 3.02. The van der Waals surface area contributed by atoms with Crippen molar-refractivity contribution in [1.82, 2.24) is 10.9 Å². The zero-order valence-electron chi connectivity index (χ0n) is 12.8. The Morgan fingerprint density at radius 3 is 2.33 bits per heavy atom. The lowest BCUT2D eigenvalue weighted by Gasteiger charge is -2.08. The van der Waals surface area contributed by atoms with Gasteiger partial charge < -0.3 is 4.74 Å². The van der Waals surface area contributed by atoms with E-state index in [1.165, 1.54) is 19.3 Å². The Labute approximate surface area is 126 Å². The summed E-state index contributed by atoms with van der Waals surface area (Å²) >= 11 is 0. The molecule has 5 heteroatoms. The van der Waals surface area contributed by atoms with Crippen molar-refractivity contribution < 1.29 is 14.3 Å². The van der Waals surface area contributed by atoms with Crippen LogP contribution in [0.3, 0.4) is 0 Å². The number of rotatable bonds is 8. The van der Waals surface area contributed by atoms with E-state index in [2.05, 4.69) is 17.8 Å². The fraction of sp³-hybridized carbons (Fsp3) is 0.500. The Bertz CT molecular complexity index is 443. The maximum Gasteiger partial charge on any atom is 0.269 e. The number of amides is 2. The minimum atomic E-state index is -0.341. The number of nitrogens with one attached hydrogen (secondary N) is 2. The molecule has 21 heavy (non-hydrogen) atoms. The van der Waals surface area contributed by atoms with Gasteiger partial charge in [-0.05, 0) is 30.7 Å². The van der Waals surface area contributed by atoms with Crippen LogP contribution in [0, 0.1) is 0 Å². The first kappa shape index (κ1) is 17.0. The number of hydrogen-bond acceptors (Lipinski definition) is 3. The third kappa shape index (κ3) is 6.79. The van der Waals surface area contributed by atoms with Crippen LogP contribution in [-0.2, 0) is 4.79 Å². The molecule has 0 saturated carbocycles. The summed E-state index contributed by atoms with van der Waals surface area (Å²) in [5.74, 6) is 0.183. The van der Waals surface area contributed by atoms with E-state index in [1.807, 2.05) is 0 Å². The van der Waals surface area contributed by atoms with Gasteiger partial charge >= 0.3 is 0 Å². The molecule has 0 bridgehead atoms. The number of hydrazine groups is 1. The summed E-state index contributed by atoms with van der Waals surface area (Å²) in [6.07, 6.45) is 4.97. The van der Waals surface area contributed by atoms with Gasteiger partial charge in [0.15, 0.2) is 0 Å². The summed E-state index contributed by atoms with van der Waals surface area (Å²) in [5.41, 5.74) is 5.16. The molecule has 0 atom stereocenters. The second-order valence-electron chi connectivity index (χ2n) is 4.79. The van der Waals surface area contributed by atoms with Crippen LogP contribution in [-0.4, -0.2) is 18.4 Å². The van der Waals surface area contributed by atoms with Crippen LogP contribution in [0.1, 0.15) is 56.3 Å². The van der Waals surface area contributed by atoms with Crippen LogP contribution >= 0.6 is 0 Å². The third-order valence-corrected chi connectivity index (χ3v) is 3.02. The summed E-state index contributed by atoms with van der Waals surface area (Å²) < 4.78 is 5.60. The molecule has 2 N–H and O–H groups in total. The standard InChI is InChI=1S/C16H24N2O3/c1-3-5-6-7-12-21-14-10-8-13(9-11-14)16(20)18-17-15(19)4-2/h8-11H,3-7,12H2,1-2H3,(H,17,19)(H,18,20). The first-order valence-electron chi connectivity index (χ1n) is 7.49.